The monoisotopic (exact) mass is 203 g/mol. The highest BCUT2D eigenvalue weighted by Gasteiger charge is 2.28. The first-order valence-corrected chi connectivity index (χ1v) is 4.70. The fraction of sp³-hybridized carbons (Fsp3) is 1.00. The molecule has 74 valence electrons. The molecule has 0 radical (unpaired) electrons. The van der Waals surface area contributed by atoms with E-state index in [1.54, 1.807) is 0 Å². The number of halogens is 3. The molecule has 0 amide bonds. The molecule has 0 aromatic rings. The first kappa shape index (κ1) is 12.1. The molecule has 0 aromatic carbocycles. The molecule has 0 unspecified atom stereocenters. The molecule has 0 rings (SSSR count). The van der Waals surface area contributed by atoms with E-state index in [4.69, 9.17) is 5.73 Å². The quantitative estimate of drug-likeness (QED) is 0.666. The lowest BCUT2D eigenvalue weighted by Crippen LogP contribution is -2.15. The maximum atomic E-state index is 11.4. The predicted octanol–water partition coefficient (Wildman–Crippen LogP) is 1.60. The summed E-state index contributed by atoms with van der Waals surface area (Å²) in [7, 11) is 0. The Bertz CT molecular complexity index is 109. The molecule has 0 fully saturated rings. The minimum absolute atomic E-state index is 0.279. The number of nitrogens with two attached hydrogens (primary N) is 1. The topological polar surface area (TPSA) is 35.2 Å². The molecule has 0 aromatic heterocycles. The van der Waals surface area contributed by atoms with Crippen molar-refractivity contribution in [3.8, 4) is 0 Å². The van der Waals surface area contributed by atoms with Gasteiger partial charge in [-0.15, -0.1) is 13.2 Å². The molecule has 0 aliphatic heterocycles. The Morgan fingerprint density at radius 3 is 2.42 bits per heavy atom. The number of ether oxygens (including phenoxy) is 1. The van der Waals surface area contributed by atoms with Crippen LogP contribution in [0.15, 0.2) is 0 Å². The molecule has 0 aliphatic carbocycles. The van der Waals surface area contributed by atoms with Gasteiger partial charge in [0.05, 0.1) is 6.61 Å². The number of rotatable bonds is 6. The number of hydrogen-bond donors (Lipinski definition) is 1. The van der Waals surface area contributed by atoms with Crippen molar-refractivity contribution in [1.82, 2.24) is 0 Å². The molecule has 2 nitrogen and oxygen atoms in total. The fourth-order valence-electron chi connectivity index (χ4n) is 0.504. The third-order valence-corrected chi connectivity index (χ3v) is 2.02. The normalized spacial score (nSPS) is 12.0. The van der Waals surface area contributed by atoms with Gasteiger partial charge in [-0.25, -0.2) is 0 Å². The van der Waals surface area contributed by atoms with Crippen LogP contribution in [0.4, 0.5) is 13.2 Å². The Hall–Kier alpha value is 0.0600. The first-order valence-electron chi connectivity index (χ1n) is 3.55. The van der Waals surface area contributed by atoms with Gasteiger partial charge in [-0.3, -0.25) is 4.74 Å². The Morgan fingerprint density at radius 1 is 1.25 bits per heavy atom. The van der Waals surface area contributed by atoms with E-state index in [1.165, 1.54) is 11.8 Å². The van der Waals surface area contributed by atoms with Crippen LogP contribution >= 0.6 is 11.8 Å². The highest BCUT2D eigenvalue weighted by molar-refractivity contribution is 7.99. The summed E-state index contributed by atoms with van der Waals surface area (Å²) in [5.74, 6) is 1.15. The summed E-state index contributed by atoms with van der Waals surface area (Å²) < 4.78 is 37.7. The van der Waals surface area contributed by atoms with Crippen LogP contribution in [0.3, 0.4) is 0 Å². The maximum Gasteiger partial charge on any atom is 0.522 e. The van der Waals surface area contributed by atoms with Crippen molar-refractivity contribution in [1.29, 1.82) is 0 Å². The van der Waals surface area contributed by atoms with E-state index in [0.717, 1.165) is 12.2 Å². The van der Waals surface area contributed by atoms with Gasteiger partial charge in [0.1, 0.15) is 0 Å². The number of thioether (sulfide) groups is 1. The van der Waals surface area contributed by atoms with Gasteiger partial charge in [0.2, 0.25) is 0 Å². The van der Waals surface area contributed by atoms with Gasteiger partial charge in [-0.1, -0.05) is 0 Å². The minimum Gasteiger partial charge on any atom is -0.330 e. The molecule has 2 N–H and O–H groups in total. The summed E-state index contributed by atoms with van der Waals surface area (Å²) in [4.78, 5) is 0. The van der Waals surface area contributed by atoms with Crippen molar-refractivity contribution in [3.63, 3.8) is 0 Å². The molecular formula is C6H12F3NOS. The van der Waals surface area contributed by atoms with E-state index < -0.39 is 6.36 Å². The van der Waals surface area contributed by atoms with Gasteiger partial charge in [-0.2, -0.15) is 11.8 Å². The number of alkyl halides is 3. The Kier molecular flexibility index (Phi) is 6.60. The predicted molar refractivity (Wildman–Crippen MR) is 43.0 cm³/mol. The average Bonchev–Trinajstić information content (AvgIpc) is 1.94. The van der Waals surface area contributed by atoms with E-state index in [9.17, 15) is 13.2 Å². The molecule has 0 bridgehead atoms. The highest BCUT2D eigenvalue weighted by atomic mass is 32.2. The Morgan fingerprint density at radius 2 is 1.92 bits per heavy atom. The summed E-state index contributed by atoms with van der Waals surface area (Å²) in [5, 5.41) is 0. The van der Waals surface area contributed by atoms with Crippen LogP contribution in [0, 0.1) is 0 Å². The van der Waals surface area contributed by atoms with Gasteiger partial charge in [0.15, 0.2) is 0 Å². The van der Waals surface area contributed by atoms with Gasteiger partial charge in [-0.05, 0) is 18.7 Å². The lowest BCUT2D eigenvalue weighted by Gasteiger charge is -2.06. The van der Waals surface area contributed by atoms with E-state index >= 15 is 0 Å². The maximum absolute atomic E-state index is 11.4. The van der Waals surface area contributed by atoms with Gasteiger partial charge in [0, 0.05) is 5.75 Å². The molecule has 12 heavy (non-hydrogen) atoms. The van der Waals surface area contributed by atoms with Crippen LogP contribution in [0.25, 0.3) is 0 Å². The lowest BCUT2D eigenvalue weighted by atomic mass is 10.5. The molecule has 0 aliphatic rings. The van der Waals surface area contributed by atoms with Crippen LogP contribution in [-0.2, 0) is 4.74 Å². The zero-order valence-electron chi connectivity index (χ0n) is 6.56. The number of hydrogen-bond acceptors (Lipinski definition) is 3. The standard InChI is InChI=1S/C6H12F3NOS/c7-6(8,9)11-3-5-12-4-1-2-10/h1-5,10H2. The van der Waals surface area contributed by atoms with Crippen LogP contribution in [0.2, 0.25) is 0 Å². The van der Waals surface area contributed by atoms with Gasteiger partial charge >= 0.3 is 6.36 Å². The summed E-state index contributed by atoms with van der Waals surface area (Å²) in [5.41, 5.74) is 5.19. The smallest absolute Gasteiger partial charge is 0.330 e. The lowest BCUT2D eigenvalue weighted by molar-refractivity contribution is -0.322. The second-order valence-corrected chi connectivity index (χ2v) is 3.27. The second kappa shape index (κ2) is 6.56. The van der Waals surface area contributed by atoms with Crippen LogP contribution in [0.5, 0.6) is 0 Å². The summed E-state index contributed by atoms with van der Waals surface area (Å²) in [6, 6.07) is 0. The molecule has 0 saturated heterocycles. The SMILES string of the molecule is NCCCSCCOC(F)(F)F. The molecule has 0 spiro atoms. The molecule has 6 heteroatoms. The fourth-order valence-corrected chi connectivity index (χ4v) is 1.28. The Labute approximate surface area is 73.6 Å². The summed E-state index contributed by atoms with van der Waals surface area (Å²) >= 11 is 1.41. The molecule has 0 heterocycles. The average molecular weight is 203 g/mol. The largest absolute Gasteiger partial charge is 0.522 e. The zero-order valence-corrected chi connectivity index (χ0v) is 7.38. The van der Waals surface area contributed by atoms with Crippen LogP contribution < -0.4 is 5.73 Å². The van der Waals surface area contributed by atoms with E-state index in [0.29, 0.717) is 12.3 Å². The first-order chi connectivity index (χ1) is 5.56. The van der Waals surface area contributed by atoms with Crippen molar-refractivity contribution in [2.45, 2.75) is 12.8 Å². The summed E-state index contributed by atoms with van der Waals surface area (Å²) in [6.45, 7) is 0.297. The van der Waals surface area contributed by atoms with Crippen molar-refractivity contribution < 1.29 is 17.9 Å². The van der Waals surface area contributed by atoms with Crippen LogP contribution in [-0.4, -0.2) is 31.0 Å². The highest BCUT2D eigenvalue weighted by Crippen LogP contribution is 2.16. The second-order valence-electron chi connectivity index (χ2n) is 2.05. The molecule has 0 atom stereocenters. The van der Waals surface area contributed by atoms with E-state index in [2.05, 4.69) is 4.74 Å². The molecular weight excluding hydrogens is 191 g/mol. The van der Waals surface area contributed by atoms with Crippen molar-refractivity contribution in [2.24, 2.45) is 5.73 Å². The zero-order chi connectivity index (χ0) is 9.45. The summed E-state index contributed by atoms with van der Waals surface area (Å²) in [6.07, 6.45) is -3.66. The van der Waals surface area contributed by atoms with Gasteiger partial charge in [0.25, 0.3) is 0 Å². The van der Waals surface area contributed by atoms with Crippen LogP contribution in [0.1, 0.15) is 6.42 Å². The molecule has 0 saturated carbocycles. The van der Waals surface area contributed by atoms with Gasteiger partial charge < -0.3 is 5.73 Å². The third-order valence-electron chi connectivity index (χ3n) is 0.986. The third kappa shape index (κ3) is 10.1. The van der Waals surface area contributed by atoms with Crippen molar-refractivity contribution in [2.75, 3.05) is 24.7 Å². The Balaban J connectivity index is 3.01. The van der Waals surface area contributed by atoms with E-state index in [1.807, 2.05) is 0 Å². The van der Waals surface area contributed by atoms with E-state index in [-0.39, 0.29) is 6.61 Å². The van der Waals surface area contributed by atoms with Crippen molar-refractivity contribution in [3.05, 3.63) is 0 Å². The minimum atomic E-state index is -4.49. The van der Waals surface area contributed by atoms with Crippen molar-refractivity contribution >= 4 is 11.8 Å².